The molecule has 0 radical (unpaired) electrons. The Morgan fingerprint density at radius 1 is 0.432 bits per heavy atom. The molecule has 1 N–H and O–H groups in total. The lowest BCUT2D eigenvalue weighted by Crippen LogP contribution is -2.34. The van der Waals surface area contributed by atoms with Gasteiger partial charge in [0.15, 0.2) is 0 Å². The fourth-order valence-corrected chi connectivity index (χ4v) is 3.21. The van der Waals surface area contributed by atoms with Crippen LogP contribution in [0, 0.1) is 0 Å². The molecule has 0 aromatic heterocycles. The number of carbonyl (C=O) groups is 1. The minimum absolute atomic E-state index is 0.384. The molecule has 15 heteroatoms. The quantitative estimate of drug-likeness (QED) is 0.0575. The summed E-state index contributed by atoms with van der Waals surface area (Å²) >= 11 is 2.27. The first-order valence-electron chi connectivity index (χ1n) is 15.3. The Kier molecular flexibility index (Phi) is 35.1. The van der Waals surface area contributed by atoms with E-state index in [4.69, 9.17) is 56.8 Å². The fraction of sp³-hybridized carbons (Fsp3) is 0.966. The zero-order valence-electron chi connectivity index (χ0n) is 27.2. The second-order valence-corrected chi connectivity index (χ2v) is 10.9. The molecule has 0 spiro atoms. The monoisotopic (exact) mass is 755 g/mol. The first kappa shape index (κ1) is 43.6. The standard InChI is InChI=1S/C29H58INO13/c1-29(2,3)44-28(32)31-5-7-34-9-11-36-13-15-38-17-19-40-21-23-42-25-27-43-26-24-41-22-20-39-18-16-37-14-12-35-10-8-33-6-4-30/h4-27H2,1-3H3,(H,31,32). The van der Waals surface area contributed by atoms with Gasteiger partial charge in [0.2, 0.25) is 0 Å². The van der Waals surface area contributed by atoms with Gasteiger partial charge in [0, 0.05) is 11.0 Å². The molecule has 0 aromatic rings. The minimum Gasteiger partial charge on any atom is -0.444 e. The predicted octanol–water partition coefficient (Wildman–Crippen LogP) is 2.13. The van der Waals surface area contributed by atoms with Crippen LogP contribution in [0.3, 0.4) is 0 Å². The molecule has 0 atom stereocenters. The lowest BCUT2D eigenvalue weighted by atomic mass is 10.2. The van der Waals surface area contributed by atoms with E-state index in [9.17, 15) is 4.79 Å². The lowest BCUT2D eigenvalue weighted by molar-refractivity contribution is -0.0273. The molecule has 0 heterocycles. The third kappa shape index (κ3) is 39.6. The van der Waals surface area contributed by atoms with Gasteiger partial charge in [-0.1, -0.05) is 22.6 Å². The van der Waals surface area contributed by atoms with Crippen molar-refractivity contribution in [1.82, 2.24) is 5.32 Å². The van der Waals surface area contributed by atoms with Crippen LogP contribution < -0.4 is 5.32 Å². The Morgan fingerprint density at radius 2 is 0.659 bits per heavy atom. The van der Waals surface area contributed by atoms with Crippen molar-refractivity contribution in [3.05, 3.63) is 0 Å². The largest absolute Gasteiger partial charge is 0.444 e. The number of alkyl carbamates (subject to hydrolysis) is 1. The fourth-order valence-electron chi connectivity index (χ4n) is 2.90. The van der Waals surface area contributed by atoms with Gasteiger partial charge in [-0.2, -0.15) is 0 Å². The summed E-state index contributed by atoms with van der Waals surface area (Å²) in [7, 11) is 0. The zero-order valence-corrected chi connectivity index (χ0v) is 29.3. The van der Waals surface area contributed by atoms with Crippen LogP contribution in [0.4, 0.5) is 4.79 Å². The number of carbonyl (C=O) groups excluding carboxylic acids is 1. The number of hydrogen-bond donors (Lipinski definition) is 1. The summed E-state index contributed by atoms with van der Waals surface area (Å²) in [5.41, 5.74) is -0.510. The van der Waals surface area contributed by atoms with Crippen molar-refractivity contribution in [1.29, 1.82) is 0 Å². The van der Waals surface area contributed by atoms with E-state index in [1.807, 2.05) is 20.8 Å². The Labute approximate surface area is 277 Å². The number of hydrogen-bond acceptors (Lipinski definition) is 13. The smallest absolute Gasteiger partial charge is 0.407 e. The van der Waals surface area contributed by atoms with Gasteiger partial charge < -0.3 is 62.2 Å². The first-order chi connectivity index (χ1) is 21.5. The second-order valence-electron chi connectivity index (χ2n) is 9.85. The highest BCUT2D eigenvalue weighted by Crippen LogP contribution is 2.06. The van der Waals surface area contributed by atoms with Crippen LogP contribution in [0.2, 0.25) is 0 Å². The molecule has 44 heavy (non-hydrogen) atoms. The molecule has 0 aliphatic rings. The van der Waals surface area contributed by atoms with Gasteiger partial charge in [-0.05, 0) is 20.8 Å². The van der Waals surface area contributed by atoms with Crippen LogP contribution in [-0.4, -0.2) is 168 Å². The molecular formula is C29H58INO13. The van der Waals surface area contributed by atoms with Crippen LogP contribution in [0.15, 0.2) is 0 Å². The summed E-state index contributed by atoms with van der Waals surface area (Å²) in [4.78, 5) is 11.5. The third-order valence-corrected chi connectivity index (χ3v) is 5.30. The van der Waals surface area contributed by atoms with Crippen molar-refractivity contribution >= 4 is 28.7 Å². The number of halogens is 1. The van der Waals surface area contributed by atoms with Crippen LogP contribution in [0.5, 0.6) is 0 Å². The second kappa shape index (κ2) is 35.4. The van der Waals surface area contributed by atoms with Gasteiger partial charge in [0.25, 0.3) is 0 Å². The molecule has 0 unspecified atom stereocenters. The van der Waals surface area contributed by atoms with E-state index < -0.39 is 11.7 Å². The predicted molar refractivity (Wildman–Crippen MR) is 172 cm³/mol. The Bertz CT molecular complexity index is 588. The molecular weight excluding hydrogens is 697 g/mol. The number of ether oxygens (including phenoxy) is 12. The van der Waals surface area contributed by atoms with E-state index in [0.717, 1.165) is 11.0 Å². The molecule has 1 amide bonds. The maximum Gasteiger partial charge on any atom is 0.407 e. The number of amides is 1. The van der Waals surface area contributed by atoms with Gasteiger partial charge in [-0.25, -0.2) is 4.79 Å². The Hall–Kier alpha value is -0.440. The molecule has 0 bridgehead atoms. The van der Waals surface area contributed by atoms with E-state index in [1.54, 1.807) is 0 Å². The van der Waals surface area contributed by atoms with E-state index in [1.165, 1.54) is 0 Å². The van der Waals surface area contributed by atoms with Gasteiger partial charge in [-0.3, -0.25) is 0 Å². The maximum atomic E-state index is 11.5. The van der Waals surface area contributed by atoms with Gasteiger partial charge in [0.1, 0.15) is 5.60 Å². The highest BCUT2D eigenvalue weighted by molar-refractivity contribution is 14.1. The highest BCUT2D eigenvalue weighted by atomic mass is 127. The first-order valence-corrected chi connectivity index (χ1v) is 16.9. The molecule has 0 aromatic carbocycles. The average Bonchev–Trinajstić information content (AvgIpc) is 2.98. The maximum absolute atomic E-state index is 11.5. The van der Waals surface area contributed by atoms with Crippen molar-refractivity contribution in [3.8, 4) is 0 Å². The van der Waals surface area contributed by atoms with E-state index in [-0.39, 0.29) is 0 Å². The normalized spacial score (nSPS) is 11.7. The Morgan fingerprint density at radius 3 is 0.886 bits per heavy atom. The Balaban J connectivity index is 3.09. The van der Waals surface area contributed by atoms with Crippen molar-refractivity contribution in [2.24, 2.45) is 0 Å². The van der Waals surface area contributed by atoms with E-state index >= 15 is 0 Å². The summed E-state index contributed by atoms with van der Waals surface area (Å²) in [5.74, 6) is 0. The van der Waals surface area contributed by atoms with Crippen LogP contribution in [-0.2, 0) is 56.8 Å². The van der Waals surface area contributed by atoms with Gasteiger partial charge in [-0.15, -0.1) is 0 Å². The van der Waals surface area contributed by atoms with Crippen LogP contribution in [0.25, 0.3) is 0 Å². The highest BCUT2D eigenvalue weighted by Gasteiger charge is 2.15. The molecule has 0 rings (SSSR count). The summed E-state index contributed by atoms with van der Waals surface area (Å²) in [6.45, 7) is 17.3. The van der Waals surface area contributed by atoms with Crippen LogP contribution in [0.1, 0.15) is 20.8 Å². The van der Waals surface area contributed by atoms with E-state index in [0.29, 0.717) is 145 Å². The summed E-state index contributed by atoms with van der Waals surface area (Å²) in [6, 6.07) is 0. The lowest BCUT2D eigenvalue weighted by Gasteiger charge is -2.19. The molecule has 14 nitrogen and oxygen atoms in total. The summed E-state index contributed by atoms with van der Waals surface area (Å²) < 4.78 is 65.9. The van der Waals surface area contributed by atoms with Crippen molar-refractivity contribution in [3.63, 3.8) is 0 Å². The third-order valence-electron chi connectivity index (χ3n) is 4.86. The minimum atomic E-state index is -0.510. The molecule has 0 saturated carbocycles. The molecule has 0 saturated heterocycles. The molecule has 0 aliphatic carbocycles. The topological polar surface area (TPSA) is 140 Å². The number of alkyl halides is 1. The van der Waals surface area contributed by atoms with Gasteiger partial charge in [0.05, 0.1) is 145 Å². The van der Waals surface area contributed by atoms with Crippen molar-refractivity contribution in [2.45, 2.75) is 26.4 Å². The summed E-state index contributed by atoms with van der Waals surface area (Å²) in [6.07, 6.45) is -0.451. The zero-order chi connectivity index (χ0) is 32.2. The average molecular weight is 756 g/mol. The number of nitrogens with one attached hydrogen (secondary N) is 1. The van der Waals surface area contributed by atoms with Gasteiger partial charge >= 0.3 is 6.09 Å². The van der Waals surface area contributed by atoms with Crippen molar-refractivity contribution < 1.29 is 61.6 Å². The molecule has 0 aliphatic heterocycles. The summed E-state index contributed by atoms with van der Waals surface area (Å²) in [5, 5.41) is 2.63. The van der Waals surface area contributed by atoms with Crippen LogP contribution >= 0.6 is 22.6 Å². The number of rotatable bonds is 35. The molecule has 0 fully saturated rings. The SMILES string of the molecule is CC(C)(C)OC(=O)NCCOCCOCCOCCOCCOCCOCCOCCOCCOCCOCCOCCI. The van der Waals surface area contributed by atoms with E-state index in [2.05, 4.69) is 27.9 Å². The van der Waals surface area contributed by atoms with Crippen molar-refractivity contribution in [2.75, 3.05) is 156 Å². The molecule has 264 valence electrons.